The molecule has 1 N–H and O–H groups in total. The first-order chi connectivity index (χ1) is 9.20. The van der Waals surface area contributed by atoms with Gasteiger partial charge in [0.1, 0.15) is 0 Å². The predicted molar refractivity (Wildman–Crippen MR) is 85.8 cm³/mol. The molecule has 0 fully saturated rings. The summed E-state index contributed by atoms with van der Waals surface area (Å²) in [7, 11) is 2.24. The van der Waals surface area contributed by atoms with Crippen LogP contribution in [-0.2, 0) is 19.5 Å². The molecule has 19 heavy (non-hydrogen) atoms. The number of benzene rings is 1. The molecule has 1 aliphatic rings. The molecule has 0 spiro atoms. The summed E-state index contributed by atoms with van der Waals surface area (Å²) in [6.45, 7) is 5.55. The maximum absolute atomic E-state index is 3.46. The third-order valence-corrected chi connectivity index (χ3v) is 4.73. The Morgan fingerprint density at radius 1 is 1.37 bits per heavy atom. The van der Waals surface area contributed by atoms with Crippen molar-refractivity contribution in [2.24, 2.45) is 0 Å². The molecular formula is C16H26N2S. The first-order valence-electron chi connectivity index (χ1n) is 7.21. The number of rotatable bonds is 6. The minimum atomic E-state index is 0.654. The zero-order chi connectivity index (χ0) is 13.7. The summed E-state index contributed by atoms with van der Waals surface area (Å²) in [6, 6.07) is 7.68. The third kappa shape index (κ3) is 4.23. The Labute approximate surface area is 122 Å². The van der Waals surface area contributed by atoms with E-state index in [2.05, 4.69) is 48.6 Å². The molecule has 0 radical (unpaired) electrons. The largest absolute Gasteiger partial charge is 0.312 e. The van der Waals surface area contributed by atoms with Crippen molar-refractivity contribution in [3.05, 3.63) is 34.9 Å². The fourth-order valence-electron chi connectivity index (χ4n) is 2.58. The first kappa shape index (κ1) is 14.9. The van der Waals surface area contributed by atoms with Crippen LogP contribution in [-0.4, -0.2) is 36.5 Å². The van der Waals surface area contributed by atoms with Crippen LogP contribution >= 0.6 is 11.8 Å². The number of thioether (sulfide) groups is 1. The summed E-state index contributed by atoms with van der Waals surface area (Å²) in [6.07, 6.45) is 4.63. The SMILES string of the molecule is CSCCC(C)N(C)Cc1ccc2c(c1)CNCC2. The Hall–Kier alpha value is -0.510. The van der Waals surface area contributed by atoms with Gasteiger partial charge in [-0.3, -0.25) is 4.90 Å². The third-order valence-electron chi connectivity index (χ3n) is 4.08. The Morgan fingerprint density at radius 2 is 2.21 bits per heavy atom. The molecule has 1 aliphatic heterocycles. The van der Waals surface area contributed by atoms with Crippen molar-refractivity contribution in [3.63, 3.8) is 0 Å². The van der Waals surface area contributed by atoms with Gasteiger partial charge in [-0.2, -0.15) is 11.8 Å². The van der Waals surface area contributed by atoms with Crippen LogP contribution in [0.25, 0.3) is 0 Å². The van der Waals surface area contributed by atoms with Gasteiger partial charge in [0.2, 0.25) is 0 Å². The van der Waals surface area contributed by atoms with Crippen molar-refractivity contribution in [2.45, 2.75) is 38.9 Å². The van der Waals surface area contributed by atoms with Crippen LogP contribution in [0.3, 0.4) is 0 Å². The monoisotopic (exact) mass is 278 g/mol. The standard InChI is InChI=1S/C16H26N2S/c1-13(7-9-19-3)18(2)12-14-4-5-15-6-8-17-11-16(15)10-14/h4-5,10,13,17H,6-9,11-12H2,1-3H3. The molecule has 0 amide bonds. The fraction of sp³-hybridized carbons (Fsp3) is 0.625. The highest BCUT2D eigenvalue weighted by Crippen LogP contribution is 2.18. The van der Waals surface area contributed by atoms with Crippen LogP contribution in [0, 0.1) is 0 Å². The van der Waals surface area contributed by atoms with Gasteiger partial charge in [-0.15, -0.1) is 0 Å². The lowest BCUT2D eigenvalue weighted by atomic mass is 9.98. The molecule has 1 heterocycles. The maximum atomic E-state index is 3.46. The highest BCUT2D eigenvalue weighted by Gasteiger charge is 2.12. The average Bonchev–Trinajstić information content (AvgIpc) is 2.44. The van der Waals surface area contributed by atoms with Gasteiger partial charge in [-0.05, 0) is 62.1 Å². The molecule has 0 saturated carbocycles. The summed E-state index contributed by atoms with van der Waals surface area (Å²) >= 11 is 1.94. The Morgan fingerprint density at radius 3 is 3.00 bits per heavy atom. The van der Waals surface area contributed by atoms with Crippen LogP contribution in [0.1, 0.15) is 30.0 Å². The highest BCUT2D eigenvalue weighted by molar-refractivity contribution is 7.98. The van der Waals surface area contributed by atoms with E-state index in [4.69, 9.17) is 0 Å². The zero-order valence-corrected chi connectivity index (χ0v) is 13.2. The molecule has 1 unspecified atom stereocenters. The van der Waals surface area contributed by atoms with Crippen molar-refractivity contribution in [2.75, 3.05) is 25.6 Å². The number of hydrogen-bond acceptors (Lipinski definition) is 3. The highest BCUT2D eigenvalue weighted by atomic mass is 32.2. The van der Waals surface area contributed by atoms with Gasteiger partial charge < -0.3 is 5.32 Å². The molecule has 1 atom stereocenters. The van der Waals surface area contributed by atoms with Crippen molar-refractivity contribution >= 4 is 11.8 Å². The van der Waals surface area contributed by atoms with Crippen LogP contribution in [0.2, 0.25) is 0 Å². The van der Waals surface area contributed by atoms with Gasteiger partial charge in [0.15, 0.2) is 0 Å². The molecule has 2 nitrogen and oxygen atoms in total. The van der Waals surface area contributed by atoms with E-state index in [0.717, 1.165) is 19.6 Å². The van der Waals surface area contributed by atoms with Crippen LogP contribution in [0.15, 0.2) is 18.2 Å². The summed E-state index contributed by atoms with van der Waals surface area (Å²) in [5.41, 5.74) is 4.47. The molecular weight excluding hydrogens is 252 g/mol. The van der Waals surface area contributed by atoms with Gasteiger partial charge in [0, 0.05) is 19.1 Å². The van der Waals surface area contributed by atoms with Gasteiger partial charge in [0.25, 0.3) is 0 Å². The summed E-state index contributed by atoms with van der Waals surface area (Å²) in [5, 5.41) is 3.46. The smallest absolute Gasteiger partial charge is 0.0233 e. The number of hydrogen-bond donors (Lipinski definition) is 1. The van der Waals surface area contributed by atoms with Crippen LogP contribution in [0.5, 0.6) is 0 Å². The number of fused-ring (bicyclic) bond motifs is 1. The molecule has 0 aliphatic carbocycles. The molecule has 0 bridgehead atoms. The van der Waals surface area contributed by atoms with Crippen molar-refractivity contribution in [1.82, 2.24) is 10.2 Å². The second kappa shape index (κ2) is 7.32. The topological polar surface area (TPSA) is 15.3 Å². The minimum absolute atomic E-state index is 0.654. The second-order valence-electron chi connectivity index (χ2n) is 5.58. The van der Waals surface area contributed by atoms with E-state index < -0.39 is 0 Å². The predicted octanol–water partition coefficient (Wildman–Crippen LogP) is 2.91. The zero-order valence-electron chi connectivity index (χ0n) is 12.4. The molecule has 0 saturated heterocycles. The summed E-state index contributed by atoms with van der Waals surface area (Å²) in [5.74, 6) is 1.25. The Kier molecular flexibility index (Phi) is 5.74. The van der Waals surface area contributed by atoms with E-state index in [-0.39, 0.29) is 0 Å². The van der Waals surface area contributed by atoms with Gasteiger partial charge in [0.05, 0.1) is 0 Å². The van der Waals surface area contributed by atoms with Gasteiger partial charge in [-0.1, -0.05) is 18.2 Å². The summed E-state index contributed by atoms with van der Waals surface area (Å²) in [4.78, 5) is 2.47. The fourth-order valence-corrected chi connectivity index (χ4v) is 3.16. The van der Waals surface area contributed by atoms with E-state index in [1.54, 1.807) is 0 Å². The van der Waals surface area contributed by atoms with E-state index in [9.17, 15) is 0 Å². The van der Waals surface area contributed by atoms with Crippen LogP contribution < -0.4 is 5.32 Å². The lowest BCUT2D eigenvalue weighted by Gasteiger charge is -2.25. The Bertz CT molecular complexity index is 406. The maximum Gasteiger partial charge on any atom is 0.0233 e. The lowest BCUT2D eigenvalue weighted by Crippen LogP contribution is -2.29. The van der Waals surface area contributed by atoms with Crippen molar-refractivity contribution in [3.8, 4) is 0 Å². The minimum Gasteiger partial charge on any atom is -0.312 e. The van der Waals surface area contributed by atoms with E-state index >= 15 is 0 Å². The van der Waals surface area contributed by atoms with E-state index in [1.165, 1.54) is 35.3 Å². The normalized spacial score (nSPS) is 16.4. The average molecular weight is 278 g/mol. The molecule has 0 aromatic heterocycles. The van der Waals surface area contributed by atoms with Gasteiger partial charge >= 0.3 is 0 Å². The molecule has 2 rings (SSSR count). The first-order valence-corrected chi connectivity index (χ1v) is 8.60. The van der Waals surface area contributed by atoms with Gasteiger partial charge in [-0.25, -0.2) is 0 Å². The molecule has 1 aromatic carbocycles. The van der Waals surface area contributed by atoms with E-state index in [1.807, 2.05) is 11.8 Å². The lowest BCUT2D eigenvalue weighted by molar-refractivity contribution is 0.245. The quantitative estimate of drug-likeness (QED) is 0.861. The second-order valence-corrected chi connectivity index (χ2v) is 6.56. The number of nitrogens with one attached hydrogen (secondary N) is 1. The summed E-state index contributed by atoms with van der Waals surface area (Å²) < 4.78 is 0. The van der Waals surface area contributed by atoms with Crippen molar-refractivity contribution < 1.29 is 0 Å². The number of nitrogens with zero attached hydrogens (tertiary/aromatic N) is 1. The Balaban J connectivity index is 1.95. The molecule has 3 heteroatoms. The van der Waals surface area contributed by atoms with Crippen LogP contribution in [0.4, 0.5) is 0 Å². The molecule has 1 aromatic rings. The molecule has 106 valence electrons. The van der Waals surface area contributed by atoms with Crippen molar-refractivity contribution in [1.29, 1.82) is 0 Å². The van der Waals surface area contributed by atoms with E-state index in [0.29, 0.717) is 6.04 Å².